The Bertz CT molecular complexity index is 406. The second kappa shape index (κ2) is 6.69. The average molecular weight is 262 g/mol. The minimum atomic E-state index is 0.589. The van der Waals surface area contributed by atoms with Crippen LogP contribution in [0.5, 0.6) is 5.75 Å². The molecule has 0 heterocycles. The van der Waals surface area contributed by atoms with Gasteiger partial charge < -0.3 is 15.8 Å². The summed E-state index contributed by atoms with van der Waals surface area (Å²) in [5, 5.41) is 3.62. The van der Waals surface area contributed by atoms with E-state index in [1.165, 1.54) is 25.7 Å². The van der Waals surface area contributed by atoms with E-state index in [4.69, 9.17) is 10.5 Å². The number of ether oxygens (including phenoxy) is 1. The van der Waals surface area contributed by atoms with Gasteiger partial charge >= 0.3 is 0 Å². The fourth-order valence-corrected chi connectivity index (χ4v) is 2.76. The molecule has 2 rings (SSSR count). The van der Waals surface area contributed by atoms with Crippen LogP contribution in [0.1, 0.15) is 46.0 Å². The van der Waals surface area contributed by atoms with Gasteiger partial charge in [0.15, 0.2) is 0 Å². The van der Waals surface area contributed by atoms with E-state index >= 15 is 0 Å². The Balaban J connectivity index is 1.99. The van der Waals surface area contributed by atoms with Gasteiger partial charge in [-0.05, 0) is 37.3 Å². The smallest absolute Gasteiger partial charge is 0.144 e. The Kier molecular flexibility index (Phi) is 4.94. The van der Waals surface area contributed by atoms with Gasteiger partial charge in [-0.15, -0.1) is 0 Å². The third-order valence-corrected chi connectivity index (χ3v) is 3.78. The van der Waals surface area contributed by atoms with Gasteiger partial charge in [0.05, 0.1) is 12.3 Å². The normalized spacial score (nSPS) is 23.1. The van der Waals surface area contributed by atoms with Crippen molar-refractivity contribution in [3.05, 3.63) is 18.2 Å². The fraction of sp³-hybridized carbons (Fsp3) is 0.625. The summed E-state index contributed by atoms with van der Waals surface area (Å²) >= 11 is 0. The van der Waals surface area contributed by atoms with Crippen LogP contribution in [0.4, 0.5) is 11.4 Å². The zero-order chi connectivity index (χ0) is 13.7. The molecule has 3 nitrogen and oxygen atoms in total. The van der Waals surface area contributed by atoms with Crippen LogP contribution in [0.2, 0.25) is 0 Å². The molecule has 2 unspecified atom stereocenters. The highest BCUT2D eigenvalue weighted by molar-refractivity contribution is 5.61. The van der Waals surface area contributed by atoms with E-state index in [0.29, 0.717) is 12.6 Å². The van der Waals surface area contributed by atoms with Crippen LogP contribution in [0.3, 0.4) is 0 Å². The van der Waals surface area contributed by atoms with Gasteiger partial charge in [-0.1, -0.05) is 26.7 Å². The summed E-state index contributed by atoms with van der Waals surface area (Å²) in [6.07, 6.45) is 6.21. The van der Waals surface area contributed by atoms with E-state index in [1.54, 1.807) is 0 Å². The molecular weight excluding hydrogens is 236 g/mol. The number of nitrogen functional groups attached to an aromatic ring is 1. The second-order valence-corrected chi connectivity index (χ2v) is 5.71. The molecule has 0 spiro atoms. The summed E-state index contributed by atoms with van der Waals surface area (Å²) in [5.41, 5.74) is 7.78. The van der Waals surface area contributed by atoms with Crippen LogP contribution in [0.25, 0.3) is 0 Å². The average Bonchev–Trinajstić information content (AvgIpc) is 2.39. The highest BCUT2D eigenvalue weighted by Gasteiger charge is 2.18. The SMILES string of the molecule is CCCOc1cc(NC2CCCC(C)C2)ccc1N. The maximum Gasteiger partial charge on any atom is 0.144 e. The summed E-state index contributed by atoms with van der Waals surface area (Å²) in [6, 6.07) is 6.60. The van der Waals surface area contributed by atoms with Gasteiger partial charge in [-0.2, -0.15) is 0 Å². The number of anilines is 2. The minimum absolute atomic E-state index is 0.589. The van der Waals surface area contributed by atoms with Crippen LogP contribution in [-0.2, 0) is 0 Å². The number of hydrogen-bond donors (Lipinski definition) is 2. The van der Waals surface area contributed by atoms with Crippen molar-refractivity contribution in [3.63, 3.8) is 0 Å². The molecular formula is C16H26N2O. The maximum absolute atomic E-state index is 5.93. The Hall–Kier alpha value is -1.38. The standard InChI is InChI=1S/C16H26N2O/c1-3-9-19-16-11-14(7-8-15(16)17)18-13-6-4-5-12(2)10-13/h7-8,11-13,18H,3-6,9-10,17H2,1-2H3. The molecule has 1 aliphatic rings. The van der Waals surface area contributed by atoms with Crippen LogP contribution >= 0.6 is 0 Å². The van der Waals surface area contributed by atoms with Gasteiger partial charge in [0, 0.05) is 17.8 Å². The maximum atomic E-state index is 5.93. The molecule has 0 saturated heterocycles. The molecule has 1 aromatic rings. The minimum Gasteiger partial charge on any atom is -0.491 e. The highest BCUT2D eigenvalue weighted by atomic mass is 16.5. The van der Waals surface area contributed by atoms with Gasteiger partial charge in [0.1, 0.15) is 5.75 Å². The van der Waals surface area contributed by atoms with Gasteiger partial charge in [0.25, 0.3) is 0 Å². The summed E-state index contributed by atoms with van der Waals surface area (Å²) in [7, 11) is 0. The number of nitrogens with one attached hydrogen (secondary N) is 1. The van der Waals surface area contributed by atoms with Gasteiger partial charge in [-0.3, -0.25) is 0 Å². The first-order valence-corrected chi connectivity index (χ1v) is 7.48. The molecule has 0 bridgehead atoms. The molecule has 1 saturated carbocycles. The predicted molar refractivity (Wildman–Crippen MR) is 81.7 cm³/mol. The first kappa shape index (κ1) is 14.0. The van der Waals surface area contributed by atoms with Crippen molar-refractivity contribution in [1.29, 1.82) is 0 Å². The van der Waals surface area contributed by atoms with E-state index in [0.717, 1.165) is 29.5 Å². The van der Waals surface area contributed by atoms with Crippen molar-refractivity contribution < 1.29 is 4.74 Å². The Morgan fingerprint density at radius 1 is 1.37 bits per heavy atom. The van der Waals surface area contributed by atoms with Crippen molar-refractivity contribution in [2.75, 3.05) is 17.7 Å². The Labute approximate surface area is 116 Å². The van der Waals surface area contributed by atoms with Crippen LogP contribution in [0.15, 0.2) is 18.2 Å². The van der Waals surface area contributed by atoms with Gasteiger partial charge in [0.2, 0.25) is 0 Å². The monoisotopic (exact) mass is 262 g/mol. The van der Waals surface area contributed by atoms with Gasteiger partial charge in [-0.25, -0.2) is 0 Å². The van der Waals surface area contributed by atoms with Crippen molar-refractivity contribution in [3.8, 4) is 5.75 Å². The quantitative estimate of drug-likeness (QED) is 0.787. The first-order valence-electron chi connectivity index (χ1n) is 7.48. The van der Waals surface area contributed by atoms with E-state index in [-0.39, 0.29) is 0 Å². The summed E-state index contributed by atoms with van der Waals surface area (Å²) < 4.78 is 5.67. The number of hydrogen-bond acceptors (Lipinski definition) is 3. The van der Waals surface area contributed by atoms with Crippen molar-refractivity contribution in [1.82, 2.24) is 0 Å². The molecule has 1 aliphatic carbocycles. The van der Waals surface area contributed by atoms with Crippen LogP contribution in [-0.4, -0.2) is 12.6 Å². The lowest BCUT2D eigenvalue weighted by molar-refractivity contribution is 0.319. The van der Waals surface area contributed by atoms with Crippen molar-refractivity contribution in [2.45, 2.75) is 52.0 Å². The molecule has 1 aromatic carbocycles. The highest BCUT2D eigenvalue weighted by Crippen LogP contribution is 2.29. The summed E-state index contributed by atoms with van der Waals surface area (Å²) in [6.45, 7) is 5.16. The molecule has 2 atom stereocenters. The van der Waals surface area contributed by atoms with E-state index < -0.39 is 0 Å². The topological polar surface area (TPSA) is 47.3 Å². The summed E-state index contributed by atoms with van der Waals surface area (Å²) in [5.74, 6) is 1.63. The lowest BCUT2D eigenvalue weighted by Crippen LogP contribution is -2.26. The predicted octanol–water partition coefficient (Wildman–Crippen LogP) is 4.05. The zero-order valence-corrected chi connectivity index (χ0v) is 12.1. The first-order chi connectivity index (χ1) is 9.19. The molecule has 19 heavy (non-hydrogen) atoms. The lowest BCUT2D eigenvalue weighted by Gasteiger charge is -2.28. The van der Waals surface area contributed by atoms with Crippen LogP contribution < -0.4 is 15.8 Å². The fourth-order valence-electron chi connectivity index (χ4n) is 2.76. The summed E-state index contributed by atoms with van der Waals surface area (Å²) in [4.78, 5) is 0. The third-order valence-electron chi connectivity index (χ3n) is 3.78. The molecule has 0 aromatic heterocycles. The molecule has 106 valence electrons. The van der Waals surface area contributed by atoms with E-state index in [2.05, 4.69) is 19.2 Å². The molecule has 3 N–H and O–H groups in total. The molecule has 0 amide bonds. The van der Waals surface area contributed by atoms with Crippen molar-refractivity contribution in [2.24, 2.45) is 5.92 Å². The number of nitrogens with two attached hydrogens (primary N) is 1. The molecule has 3 heteroatoms. The molecule has 0 aliphatic heterocycles. The lowest BCUT2D eigenvalue weighted by atomic mass is 9.87. The van der Waals surface area contributed by atoms with E-state index in [9.17, 15) is 0 Å². The largest absolute Gasteiger partial charge is 0.491 e. The molecule has 1 fully saturated rings. The Morgan fingerprint density at radius 3 is 2.95 bits per heavy atom. The second-order valence-electron chi connectivity index (χ2n) is 5.71. The third kappa shape index (κ3) is 4.05. The number of rotatable bonds is 5. The Morgan fingerprint density at radius 2 is 2.21 bits per heavy atom. The molecule has 0 radical (unpaired) electrons. The number of benzene rings is 1. The van der Waals surface area contributed by atoms with Crippen LogP contribution in [0, 0.1) is 5.92 Å². The zero-order valence-electron chi connectivity index (χ0n) is 12.1. The van der Waals surface area contributed by atoms with E-state index in [1.807, 2.05) is 18.2 Å². The van der Waals surface area contributed by atoms with Crippen molar-refractivity contribution >= 4 is 11.4 Å².